The molecule has 0 aliphatic carbocycles. The van der Waals surface area contributed by atoms with Crippen LogP contribution in [0.2, 0.25) is 0 Å². The molecule has 0 bridgehead atoms. The molecule has 7 nitrogen and oxygen atoms in total. The Morgan fingerprint density at radius 3 is 1.92 bits per heavy atom. The molecule has 3 aromatic rings. The summed E-state index contributed by atoms with van der Waals surface area (Å²) in [7, 11) is 0. The van der Waals surface area contributed by atoms with Crippen LogP contribution in [-0.2, 0) is 27.2 Å². The highest BCUT2D eigenvalue weighted by molar-refractivity contribution is 5.75. The maximum Gasteiger partial charge on any atom is 0.102 e. The Kier molecular flexibility index (Phi) is 11.4. The molecule has 7 heteroatoms. The molecule has 0 fully saturated rings. The van der Waals surface area contributed by atoms with Gasteiger partial charge in [-0.05, 0) is 55.5 Å². The van der Waals surface area contributed by atoms with Crippen LogP contribution in [0.15, 0.2) is 48.5 Å². The normalized spacial score (nSPS) is 10.8. The van der Waals surface area contributed by atoms with Crippen LogP contribution in [0.4, 0.5) is 0 Å². The quantitative estimate of drug-likeness (QED) is 0.307. The largest absolute Gasteiger partial charge is 0.394 e. The third-order valence-corrected chi connectivity index (χ3v) is 6.30. The number of nitriles is 2. The number of nitrogens with zero attached hydrogens (tertiary/aromatic N) is 3. The van der Waals surface area contributed by atoms with E-state index in [1.54, 1.807) is 12.1 Å². The molecule has 194 valence electrons. The van der Waals surface area contributed by atoms with Gasteiger partial charge in [0.15, 0.2) is 0 Å². The first-order valence-electron chi connectivity index (χ1n) is 12.6. The molecule has 0 saturated carbocycles. The van der Waals surface area contributed by atoms with Gasteiger partial charge >= 0.3 is 0 Å². The van der Waals surface area contributed by atoms with Crippen molar-refractivity contribution < 1.29 is 19.3 Å². The number of aliphatic hydroxyl groups is 1. The molecule has 0 spiro atoms. The third-order valence-electron chi connectivity index (χ3n) is 6.30. The van der Waals surface area contributed by atoms with E-state index in [1.165, 1.54) is 11.1 Å². The number of benzene rings is 2. The van der Waals surface area contributed by atoms with Gasteiger partial charge in [0.05, 0.1) is 56.8 Å². The predicted octanol–water partition coefficient (Wildman–Crippen LogP) is 4.54. The standard InChI is InChI=1S/C30H35N3O4/c1-23-29(21-32)30(28-11-9-26(20-31)10-12-28)24(2)33(23)22-27-7-5-25(6-8-27)4-3-14-35-16-18-37-19-17-36-15-13-34/h5-12,34H,3-4,13-19,22H2,1-2H3. The van der Waals surface area contributed by atoms with Crippen LogP contribution in [0.1, 0.15) is 40.1 Å². The van der Waals surface area contributed by atoms with Crippen LogP contribution in [0.25, 0.3) is 11.1 Å². The summed E-state index contributed by atoms with van der Waals surface area (Å²) < 4.78 is 18.4. The number of hydrogen-bond acceptors (Lipinski definition) is 6. The van der Waals surface area contributed by atoms with Crippen molar-refractivity contribution in [2.45, 2.75) is 33.2 Å². The molecule has 0 aliphatic rings. The lowest BCUT2D eigenvalue weighted by Crippen LogP contribution is -2.11. The highest BCUT2D eigenvalue weighted by Gasteiger charge is 2.19. The molecule has 37 heavy (non-hydrogen) atoms. The van der Waals surface area contributed by atoms with Gasteiger partial charge in [-0.2, -0.15) is 10.5 Å². The second-order valence-corrected chi connectivity index (χ2v) is 8.79. The summed E-state index contributed by atoms with van der Waals surface area (Å²) in [4.78, 5) is 0. The van der Waals surface area contributed by atoms with Gasteiger partial charge in [0.25, 0.3) is 0 Å². The second kappa shape index (κ2) is 14.9. The third kappa shape index (κ3) is 8.01. The van der Waals surface area contributed by atoms with Crippen LogP contribution in [0, 0.1) is 36.5 Å². The number of aliphatic hydroxyl groups excluding tert-OH is 1. The van der Waals surface area contributed by atoms with E-state index in [0.29, 0.717) is 57.3 Å². The fourth-order valence-corrected chi connectivity index (χ4v) is 4.30. The minimum Gasteiger partial charge on any atom is -0.394 e. The van der Waals surface area contributed by atoms with Gasteiger partial charge in [-0.3, -0.25) is 0 Å². The number of aryl methyl sites for hydroxylation is 1. The maximum absolute atomic E-state index is 9.86. The first-order valence-corrected chi connectivity index (χ1v) is 12.6. The van der Waals surface area contributed by atoms with Crippen LogP contribution in [0.5, 0.6) is 0 Å². The zero-order valence-corrected chi connectivity index (χ0v) is 21.7. The molecule has 0 saturated heterocycles. The SMILES string of the molecule is Cc1c(C#N)c(-c2ccc(C#N)cc2)c(C)n1Cc1ccc(CCCOCCOCCOCCO)cc1. The molecule has 3 rings (SSSR count). The van der Waals surface area contributed by atoms with Crippen molar-refractivity contribution in [1.82, 2.24) is 4.57 Å². The Balaban J connectivity index is 1.50. The molecular formula is C30H35N3O4. The van der Waals surface area contributed by atoms with Gasteiger partial charge in [-0.1, -0.05) is 36.4 Å². The average Bonchev–Trinajstić information content (AvgIpc) is 3.16. The molecule has 0 atom stereocenters. The Morgan fingerprint density at radius 1 is 0.730 bits per heavy atom. The number of hydrogen-bond donors (Lipinski definition) is 1. The van der Waals surface area contributed by atoms with Crippen molar-refractivity contribution in [3.05, 3.63) is 82.2 Å². The van der Waals surface area contributed by atoms with Gasteiger partial charge in [0, 0.05) is 30.1 Å². The van der Waals surface area contributed by atoms with Gasteiger partial charge in [-0.25, -0.2) is 0 Å². The summed E-state index contributed by atoms with van der Waals surface area (Å²) in [5, 5.41) is 27.6. The van der Waals surface area contributed by atoms with Crippen molar-refractivity contribution in [3.63, 3.8) is 0 Å². The van der Waals surface area contributed by atoms with Crippen molar-refractivity contribution in [2.75, 3.05) is 46.2 Å². The van der Waals surface area contributed by atoms with E-state index in [9.17, 15) is 5.26 Å². The molecule has 0 radical (unpaired) electrons. The maximum atomic E-state index is 9.86. The Morgan fingerprint density at radius 2 is 1.32 bits per heavy atom. The van der Waals surface area contributed by atoms with Crippen LogP contribution in [-0.4, -0.2) is 55.9 Å². The molecule has 0 amide bonds. The van der Waals surface area contributed by atoms with Crippen molar-refractivity contribution in [1.29, 1.82) is 10.5 Å². The van der Waals surface area contributed by atoms with E-state index >= 15 is 0 Å². The smallest absolute Gasteiger partial charge is 0.102 e. The van der Waals surface area contributed by atoms with Crippen molar-refractivity contribution in [3.8, 4) is 23.3 Å². The fraction of sp³-hybridized carbons (Fsp3) is 0.400. The summed E-state index contributed by atoms with van der Waals surface area (Å²) in [6.07, 6.45) is 1.88. The number of aromatic nitrogens is 1. The summed E-state index contributed by atoms with van der Waals surface area (Å²) in [5.74, 6) is 0. The highest BCUT2D eigenvalue weighted by atomic mass is 16.5. The Bertz CT molecular complexity index is 1200. The van der Waals surface area contributed by atoms with Crippen molar-refractivity contribution in [2.24, 2.45) is 0 Å². The Hall–Kier alpha value is -3.46. The van der Waals surface area contributed by atoms with Crippen LogP contribution < -0.4 is 0 Å². The molecule has 1 aromatic heterocycles. The monoisotopic (exact) mass is 501 g/mol. The van der Waals surface area contributed by atoms with Crippen LogP contribution in [0.3, 0.4) is 0 Å². The van der Waals surface area contributed by atoms with Gasteiger partial charge < -0.3 is 23.9 Å². The first kappa shape index (κ1) is 28.1. The summed E-state index contributed by atoms with van der Waals surface area (Å²) in [6.45, 7) is 7.87. The zero-order chi connectivity index (χ0) is 26.5. The minimum absolute atomic E-state index is 0.0311. The minimum atomic E-state index is 0.0311. The van der Waals surface area contributed by atoms with E-state index in [1.807, 2.05) is 26.0 Å². The lowest BCUT2D eigenvalue weighted by Gasteiger charge is -2.11. The molecule has 0 unspecified atom stereocenters. The van der Waals surface area contributed by atoms with Crippen molar-refractivity contribution >= 4 is 0 Å². The molecular weight excluding hydrogens is 466 g/mol. The van der Waals surface area contributed by atoms with Crippen LogP contribution >= 0.6 is 0 Å². The Labute approximate surface area is 219 Å². The van der Waals surface area contributed by atoms with E-state index in [4.69, 9.17) is 24.6 Å². The van der Waals surface area contributed by atoms with Gasteiger partial charge in [0.1, 0.15) is 6.07 Å². The first-order chi connectivity index (χ1) is 18.1. The lowest BCUT2D eigenvalue weighted by molar-refractivity contribution is 0.00744. The van der Waals surface area contributed by atoms with E-state index < -0.39 is 0 Å². The highest BCUT2D eigenvalue weighted by Crippen LogP contribution is 2.32. The molecule has 2 aromatic carbocycles. The lowest BCUT2D eigenvalue weighted by atomic mass is 10.0. The number of ether oxygens (including phenoxy) is 3. The van der Waals surface area contributed by atoms with E-state index in [-0.39, 0.29) is 6.61 Å². The van der Waals surface area contributed by atoms with E-state index in [2.05, 4.69) is 41.0 Å². The molecule has 1 heterocycles. The predicted molar refractivity (Wildman–Crippen MR) is 142 cm³/mol. The molecule has 0 aliphatic heterocycles. The topological polar surface area (TPSA) is 100 Å². The second-order valence-electron chi connectivity index (χ2n) is 8.79. The average molecular weight is 502 g/mol. The van der Waals surface area contributed by atoms with E-state index in [0.717, 1.165) is 35.4 Å². The summed E-state index contributed by atoms with van der Waals surface area (Å²) >= 11 is 0. The number of rotatable bonds is 15. The fourth-order valence-electron chi connectivity index (χ4n) is 4.30. The molecule has 1 N–H and O–H groups in total. The summed E-state index contributed by atoms with van der Waals surface area (Å²) in [6, 6.07) is 20.5. The van der Waals surface area contributed by atoms with Gasteiger partial charge in [0.2, 0.25) is 0 Å². The van der Waals surface area contributed by atoms with Gasteiger partial charge in [-0.15, -0.1) is 0 Å². The zero-order valence-electron chi connectivity index (χ0n) is 21.7. The summed E-state index contributed by atoms with van der Waals surface area (Å²) in [5.41, 5.74) is 7.60.